The number of halogens is 1. The van der Waals surface area contributed by atoms with E-state index in [1.165, 1.54) is 11.8 Å². The molecular weight excluding hydrogens is 258 g/mol. The highest BCUT2D eigenvalue weighted by atomic mass is 35.5. The van der Waals surface area contributed by atoms with Crippen molar-refractivity contribution in [1.29, 1.82) is 0 Å². The lowest BCUT2D eigenvalue weighted by atomic mass is 10.1. The van der Waals surface area contributed by atoms with E-state index in [1.807, 2.05) is 18.4 Å². The van der Waals surface area contributed by atoms with Gasteiger partial charge in [-0.2, -0.15) is 0 Å². The molecule has 0 saturated carbocycles. The highest BCUT2D eigenvalue weighted by Crippen LogP contribution is 2.11. The van der Waals surface area contributed by atoms with E-state index in [0.29, 0.717) is 22.3 Å². The summed E-state index contributed by atoms with van der Waals surface area (Å²) in [4.78, 5) is 14.3. The third-order valence-corrected chi connectivity index (χ3v) is 3.04. The topological polar surface area (TPSA) is 58.6 Å². The zero-order valence-corrected chi connectivity index (χ0v) is 10.7. The van der Waals surface area contributed by atoms with Crippen LogP contribution in [0.15, 0.2) is 34.2 Å². The van der Waals surface area contributed by atoms with Gasteiger partial charge in [-0.15, -0.1) is 10.2 Å². The van der Waals surface area contributed by atoms with Gasteiger partial charge in [0, 0.05) is 11.4 Å². The molecule has 1 aromatic heterocycles. The van der Waals surface area contributed by atoms with E-state index in [0.717, 1.165) is 5.56 Å². The van der Waals surface area contributed by atoms with E-state index < -0.39 is 0 Å². The number of aromatic amines is 1. The smallest absolute Gasteiger partial charge is 0.273 e. The van der Waals surface area contributed by atoms with Crippen LogP contribution in [0.3, 0.4) is 0 Å². The van der Waals surface area contributed by atoms with Gasteiger partial charge in [-0.3, -0.25) is 9.78 Å². The Balaban J connectivity index is 2.24. The summed E-state index contributed by atoms with van der Waals surface area (Å²) < 4.78 is 0. The van der Waals surface area contributed by atoms with Gasteiger partial charge in [0.2, 0.25) is 0 Å². The van der Waals surface area contributed by atoms with E-state index >= 15 is 0 Å². The fourth-order valence-corrected chi connectivity index (χ4v) is 1.79. The molecule has 0 bridgehead atoms. The molecule has 0 amide bonds. The number of hydrogen-bond donors (Lipinski definition) is 1. The molecule has 0 atom stereocenters. The Bertz CT molecular complexity index is 568. The Labute approximate surface area is 107 Å². The van der Waals surface area contributed by atoms with Crippen molar-refractivity contribution >= 4 is 23.4 Å². The summed E-state index contributed by atoms with van der Waals surface area (Å²) in [6.45, 7) is 0. The van der Waals surface area contributed by atoms with Crippen molar-refractivity contribution in [3.8, 4) is 0 Å². The summed E-state index contributed by atoms with van der Waals surface area (Å²) in [6.07, 6.45) is 2.28. The van der Waals surface area contributed by atoms with Crippen LogP contribution in [0.1, 0.15) is 11.3 Å². The van der Waals surface area contributed by atoms with Gasteiger partial charge in [0.25, 0.3) is 5.56 Å². The number of rotatable bonds is 3. The standard InChI is InChI=1S/C11H10ClN3OS/c1-17-11-13-10(16)9(14-15-11)6-7-2-4-8(12)5-3-7/h2-5H,6H2,1H3,(H,13,15,16). The van der Waals surface area contributed by atoms with Gasteiger partial charge in [-0.1, -0.05) is 35.5 Å². The normalized spacial score (nSPS) is 10.5. The van der Waals surface area contributed by atoms with Crippen molar-refractivity contribution in [2.24, 2.45) is 0 Å². The summed E-state index contributed by atoms with van der Waals surface area (Å²) in [6, 6.07) is 7.31. The number of hydrogen-bond acceptors (Lipinski definition) is 4. The van der Waals surface area contributed by atoms with Crippen molar-refractivity contribution in [2.45, 2.75) is 11.6 Å². The fourth-order valence-electron chi connectivity index (χ4n) is 1.35. The summed E-state index contributed by atoms with van der Waals surface area (Å²) in [5, 5.41) is 9.02. The number of nitrogens with zero attached hydrogens (tertiary/aromatic N) is 2. The van der Waals surface area contributed by atoms with Crippen molar-refractivity contribution in [3.05, 3.63) is 50.9 Å². The Morgan fingerprint density at radius 2 is 2.00 bits per heavy atom. The lowest BCUT2D eigenvalue weighted by Crippen LogP contribution is -2.17. The number of aromatic nitrogens is 3. The highest BCUT2D eigenvalue weighted by Gasteiger charge is 2.05. The molecule has 0 fully saturated rings. The molecular formula is C11H10ClN3OS. The Kier molecular flexibility index (Phi) is 3.81. The Morgan fingerprint density at radius 1 is 1.29 bits per heavy atom. The van der Waals surface area contributed by atoms with Crippen molar-refractivity contribution in [3.63, 3.8) is 0 Å². The van der Waals surface area contributed by atoms with Gasteiger partial charge < -0.3 is 0 Å². The molecule has 2 aromatic rings. The second kappa shape index (κ2) is 5.33. The zero-order valence-electron chi connectivity index (χ0n) is 9.11. The highest BCUT2D eigenvalue weighted by molar-refractivity contribution is 7.98. The second-order valence-corrected chi connectivity index (χ2v) is 4.64. The van der Waals surface area contributed by atoms with E-state index in [9.17, 15) is 4.79 Å². The van der Waals surface area contributed by atoms with Crippen molar-refractivity contribution in [2.75, 3.05) is 6.26 Å². The number of benzene rings is 1. The predicted molar refractivity (Wildman–Crippen MR) is 68.7 cm³/mol. The minimum absolute atomic E-state index is 0.195. The number of thioether (sulfide) groups is 1. The van der Waals surface area contributed by atoms with Crippen LogP contribution < -0.4 is 5.56 Å². The summed E-state index contributed by atoms with van der Waals surface area (Å²) in [5.41, 5.74) is 1.19. The van der Waals surface area contributed by atoms with Crippen LogP contribution in [0, 0.1) is 0 Å². The van der Waals surface area contributed by atoms with Gasteiger partial charge in [0.05, 0.1) is 0 Å². The van der Waals surface area contributed by atoms with E-state index in [4.69, 9.17) is 11.6 Å². The van der Waals surface area contributed by atoms with Crippen LogP contribution in [0.2, 0.25) is 5.02 Å². The lowest BCUT2D eigenvalue weighted by Gasteiger charge is -2.00. The molecule has 0 radical (unpaired) electrons. The maximum atomic E-state index is 11.7. The summed E-state index contributed by atoms with van der Waals surface area (Å²) in [7, 11) is 0. The third kappa shape index (κ3) is 3.08. The average Bonchev–Trinajstić information content (AvgIpc) is 2.34. The molecule has 1 aromatic carbocycles. The van der Waals surface area contributed by atoms with E-state index in [-0.39, 0.29) is 5.56 Å². The largest absolute Gasteiger partial charge is 0.298 e. The first-order valence-electron chi connectivity index (χ1n) is 4.93. The number of nitrogens with one attached hydrogen (secondary N) is 1. The molecule has 0 aliphatic carbocycles. The molecule has 6 heteroatoms. The van der Waals surface area contributed by atoms with Crippen molar-refractivity contribution in [1.82, 2.24) is 15.2 Å². The quantitative estimate of drug-likeness (QED) is 0.866. The van der Waals surface area contributed by atoms with Crippen LogP contribution in [-0.4, -0.2) is 21.4 Å². The molecule has 1 heterocycles. The maximum Gasteiger partial charge on any atom is 0.273 e. The molecule has 1 N–H and O–H groups in total. The summed E-state index contributed by atoms with van der Waals surface area (Å²) in [5.74, 6) is 0. The monoisotopic (exact) mass is 267 g/mol. The molecule has 0 unspecified atom stereocenters. The summed E-state index contributed by atoms with van der Waals surface area (Å²) >= 11 is 7.14. The van der Waals surface area contributed by atoms with E-state index in [2.05, 4.69) is 15.2 Å². The first-order valence-corrected chi connectivity index (χ1v) is 6.53. The van der Waals surface area contributed by atoms with Crippen LogP contribution in [-0.2, 0) is 6.42 Å². The second-order valence-electron chi connectivity index (χ2n) is 3.41. The van der Waals surface area contributed by atoms with Gasteiger partial charge in [0.1, 0.15) is 5.69 Å². The molecule has 0 aliphatic heterocycles. The molecule has 2 rings (SSSR count). The van der Waals surface area contributed by atoms with Crippen molar-refractivity contribution < 1.29 is 0 Å². The lowest BCUT2D eigenvalue weighted by molar-refractivity contribution is 0.773. The van der Waals surface area contributed by atoms with E-state index in [1.54, 1.807) is 12.1 Å². The molecule has 4 nitrogen and oxygen atoms in total. The SMILES string of the molecule is CSc1nnc(Cc2ccc(Cl)cc2)c(=O)[nH]1. The van der Waals surface area contributed by atoms with Gasteiger partial charge >= 0.3 is 0 Å². The van der Waals surface area contributed by atoms with Gasteiger partial charge in [0.15, 0.2) is 5.16 Å². The Morgan fingerprint density at radius 3 is 2.59 bits per heavy atom. The zero-order chi connectivity index (χ0) is 12.3. The van der Waals surface area contributed by atoms with Gasteiger partial charge in [-0.25, -0.2) is 0 Å². The van der Waals surface area contributed by atoms with Crippen LogP contribution in [0.25, 0.3) is 0 Å². The molecule has 17 heavy (non-hydrogen) atoms. The van der Waals surface area contributed by atoms with Gasteiger partial charge in [-0.05, 0) is 24.0 Å². The van der Waals surface area contributed by atoms with Crippen LogP contribution in [0.5, 0.6) is 0 Å². The molecule has 0 spiro atoms. The minimum Gasteiger partial charge on any atom is -0.298 e. The first kappa shape index (κ1) is 12.1. The number of H-pyrrole nitrogens is 1. The van der Waals surface area contributed by atoms with Crippen LogP contribution >= 0.6 is 23.4 Å². The fraction of sp³-hybridized carbons (Fsp3) is 0.182. The predicted octanol–water partition coefficient (Wildman–Crippen LogP) is 2.13. The molecule has 0 aliphatic rings. The Hall–Kier alpha value is -1.33. The molecule has 0 saturated heterocycles. The minimum atomic E-state index is -0.195. The average molecular weight is 268 g/mol. The first-order chi connectivity index (χ1) is 8.19. The third-order valence-electron chi connectivity index (χ3n) is 2.22. The molecule has 88 valence electrons. The maximum absolute atomic E-state index is 11.7. The van der Waals surface area contributed by atoms with Crippen LogP contribution in [0.4, 0.5) is 0 Å².